The van der Waals surface area contributed by atoms with E-state index in [1.54, 1.807) is 0 Å². The Labute approximate surface area is 135 Å². The molecule has 1 aromatic rings. The van der Waals surface area contributed by atoms with Crippen LogP contribution in [0.2, 0.25) is 0 Å². The van der Waals surface area contributed by atoms with Crippen molar-refractivity contribution in [2.45, 2.75) is 24.2 Å². The van der Waals surface area contributed by atoms with Gasteiger partial charge in [-0.15, -0.1) is 4.41 Å². The number of rotatable bonds is 4. The van der Waals surface area contributed by atoms with E-state index in [9.17, 15) is 13.7 Å². The fourth-order valence-electron chi connectivity index (χ4n) is 2.09. The van der Waals surface area contributed by atoms with Gasteiger partial charge in [0.15, 0.2) is 4.17 Å². The maximum Gasteiger partial charge on any atom is 0.370 e. The Morgan fingerprint density at radius 1 is 1.24 bits per heavy atom. The van der Waals surface area contributed by atoms with Crippen molar-refractivity contribution in [2.75, 3.05) is 4.90 Å². The van der Waals surface area contributed by atoms with Gasteiger partial charge in [0, 0.05) is 5.69 Å². The third-order valence-electron chi connectivity index (χ3n) is 2.92. The Morgan fingerprint density at radius 2 is 1.81 bits per heavy atom. The molecule has 1 unspecified atom stereocenters. The summed E-state index contributed by atoms with van der Waals surface area (Å²) in [6, 6.07) is 4.39. The lowest BCUT2D eigenvalue weighted by Crippen LogP contribution is -2.41. The first-order valence-corrected chi connectivity index (χ1v) is 7.82. The van der Waals surface area contributed by atoms with Crippen LogP contribution in [-0.4, -0.2) is 26.0 Å². The SMILES string of the molecule is CC(C)C1N(c2ccc(F)cc2)C(=O)N(F)N1SC(Cl)Cl. The molecule has 0 radical (unpaired) electrons. The lowest BCUT2D eigenvalue weighted by atomic mass is 10.1. The molecule has 1 heterocycles. The van der Waals surface area contributed by atoms with Gasteiger partial charge in [0.1, 0.15) is 12.0 Å². The number of carbonyl (C=O) groups excluding carboxylic acids is 1. The first kappa shape index (κ1) is 16.6. The average Bonchev–Trinajstić information content (AvgIpc) is 2.64. The van der Waals surface area contributed by atoms with Crippen LogP contribution in [0.25, 0.3) is 0 Å². The Balaban J connectivity index is 2.38. The molecule has 1 atom stereocenters. The molecule has 116 valence electrons. The molecule has 0 aliphatic carbocycles. The quantitative estimate of drug-likeness (QED) is 0.450. The summed E-state index contributed by atoms with van der Waals surface area (Å²) in [6.07, 6.45) is -0.627. The molecule has 0 bridgehead atoms. The first-order valence-electron chi connectivity index (χ1n) is 6.11. The summed E-state index contributed by atoms with van der Waals surface area (Å²) in [5.74, 6) is -0.546. The molecule has 1 aromatic carbocycles. The summed E-state index contributed by atoms with van der Waals surface area (Å²) >= 11 is 12.1. The number of urea groups is 1. The smallest absolute Gasteiger partial charge is 0.272 e. The molecule has 1 fully saturated rings. The number of carbonyl (C=O) groups is 1. The molecule has 0 saturated carbocycles. The molecular weight excluding hydrogens is 343 g/mol. The largest absolute Gasteiger partial charge is 0.370 e. The normalized spacial score (nSPS) is 20.2. The van der Waals surface area contributed by atoms with E-state index in [4.69, 9.17) is 23.2 Å². The van der Waals surface area contributed by atoms with Crippen molar-refractivity contribution < 1.29 is 13.7 Å². The Bertz CT molecular complexity index is 518. The summed E-state index contributed by atoms with van der Waals surface area (Å²) in [5, 5.41) is -0.0313. The molecular formula is C12H13Cl2F2N3OS. The zero-order chi connectivity index (χ0) is 15.7. The third-order valence-corrected chi connectivity index (χ3v) is 4.13. The van der Waals surface area contributed by atoms with Crippen LogP contribution in [-0.2, 0) is 0 Å². The molecule has 0 aromatic heterocycles. The highest BCUT2D eigenvalue weighted by Gasteiger charge is 2.48. The van der Waals surface area contributed by atoms with Gasteiger partial charge in [-0.2, -0.15) is 0 Å². The van der Waals surface area contributed by atoms with Crippen molar-refractivity contribution in [3.63, 3.8) is 0 Å². The van der Waals surface area contributed by atoms with Crippen LogP contribution in [0.3, 0.4) is 0 Å². The number of nitrogens with zero attached hydrogens (tertiary/aromatic N) is 3. The van der Waals surface area contributed by atoms with E-state index in [0.29, 0.717) is 5.69 Å². The number of anilines is 1. The monoisotopic (exact) mass is 355 g/mol. The fraction of sp³-hybridized carbons (Fsp3) is 0.417. The minimum atomic E-state index is -0.925. The van der Waals surface area contributed by atoms with Gasteiger partial charge >= 0.3 is 6.03 Å². The summed E-state index contributed by atoms with van der Waals surface area (Å²) in [4.78, 5) is 13.4. The van der Waals surface area contributed by atoms with Crippen LogP contribution in [0.4, 0.5) is 19.4 Å². The van der Waals surface area contributed by atoms with Gasteiger partial charge in [-0.25, -0.2) is 9.18 Å². The fourth-order valence-corrected chi connectivity index (χ4v) is 3.36. The van der Waals surface area contributed by atoms with Crippen LogP contribution in [0, 0.1) is 11.7 Å². The molecule has 2 amide bonds. The number of alkyl halides is 2. The van der Waals surface area contributed by atoms with E-state index in [0.717, 1.165) is 16.4 Å². The van der Waals surface area contributed by atoms with E-state index in [1.165, 1.54) is 29.2 Å². The van der Waals surface area contributed by atoms with Crippen LogP contribution < -0.4 is 4.90 Å². The van der Waals surface area contributed by atoms with E-state index < -0.39 is 22.2 Å². The maximum atomic E-state index is 14.1. The standard InChI is InChI=1S/C12H13Cl2F2N3OS/c1-7(2)10-17(9-5-3-8(15)4-6-9)12(20)18(16)19(10)21-11(13)14/h3-7,10-11H,1-2H3. The molecule has 4 nitrogen and oxygen atoms in total. The molecule has 21 heavy (non-hydrogen) atoms. The Kier molecular flexibility index (Phi) is 5.19. The van der Waals surface area contributed by atoms with Crippen LogP contribution in [0.15, 0.2) is 24.3 Å². The number of hydrogen-bond acceptors (Lipinski definition) is 3. The van der Waals surface area contributed by atoms with Crippen LogP contribution in [0.1, 0.15) is 13.8 Å². The Hall–Kier alpha value is -0.760. The zero-order valence-electron chi connectivity index (χ0n) is 11.2. The molecule has 9 heteroatoms. The minimum absolute atomic E-state index is 0.0313. The minimum Gasteiger partial charge on any atom is -0.272 e. The van der Waals surface area contributed by atoms with Gasteiger partial charge in [0.2, 0.25) is 0 Å². The maximum absolute atomic E-state index is 14.1. The van der Waals surface area contributed by atoms with E-state index in [-0.39, 0.29) is 11.1 Å². The predicted molar refractivity (Wildman–Crippen MR) is 80.8 cm³/mol. The van der Waals surface area contributed by atoms with Gasteiger partial charge < -0.3 is 0 Å². The number of hydrazine groups is 1. The zero-order valence-corrected chi connectivity index (χ0v) is 13.5. The number of benzene rings is 1. The average molecular weight is 356 g/mol. The highest BCUT2D eigenvalue weighted by molar-refractivity contribution is 8.00. The van der Waals surface area contributed by atoms with Gasteiger partial charge in [-0.3, -0.25) is 4.90 Å². The van der Waals surface area contributed by atoms with Crippen LogP contribution in [0.5, 0.6) is 0 Å². The second kappa shape index (κ2) is 6.56. The van der Waals surface area contributed by atoms with Crippen molar-refractivity contribution in [2.24, 2.45) is 5.92 Å². The second-order valence-corrected chi connectivity index (χ2v) is 7.39. The van der Waals surface area contributed by atoms with Crippen molar-refractivity contribution in [1.82, 2.24) is 9.65 Å². The first-order chi connectivity index (χ1) is 9.82. The number of halogens is 4. The van der Waals surface area contributed by atoms with Gasteiger partial charge in [-0.05, 0) is 42.1 Å². The molecule has 1 aliphatic rings. The third kappa shape index (κ3) is 3.36. The van der Waals surface area contributed by atoms with Gasteiger partial charge in [0.05, 0.1) is 0 Å². The Morgan fingerprint density at radius 3 is 2.29 bits per heavy atom. The lowest BCUT2D eigenvalue weighted by Gasteiger charge is -2.30. The van der Waals surface area contributed by atoms with E-state index in [2.05, 4.69) is 0 Å². The lowest BCUT2D eigenvalue weighted by molar-refractivity contribution is -0.0519. The van der Waals surface area contributed by atoms with Crippen molar-refractivity contribution in [3.8, 4) is 0 Å². The second-order valence-electron chi connectivity index (χ2n) is 4.72. The highest BCUT2D eigenvalue weighted by Crippen LogP contribution is 2.39. The molecule has 1 aliphatic heterocycles. The summed E-state index contributed by atoms with van der Waals surface area (Å²) in [5.41, 5.74) is 0.395. The molecule has 0 spiro atoms. The predicted octanol–water partition coefficient (Wildman–Crippen LogP) is 4.56. The summed E-state index contributed by atoms with van der Waals surface area (Å²) in [7, 11) is 0. The summed E-state index contributed by atoms with van der Waals surface area (Å²) in [6.45, 7) is 3.66. The van der Waals surface area contributed by atoms with Crippen molar-refractivity contribution in [3.05, 3.63) is 30.1 Å². The molecule has 1 saturated heterocycles. The topological polar surface area (TPSA) is 26.8 Å². The van der Waals surface area contributed by atoms with Crippen molar-refractivity contribution in [1.29, 1.82) is 0 Å². The number of amides is 2. The number of hydrogen-bond donors (Lipinski definition) is 0. The highest BCUT2D eigenvalue weighted by atomic mass is 35.5. The van der Waals surface area contributed by atoms with E-state index in [1.807, 2.05) is 13.8 Å². The van der Waals surface area contributed by atoms with Gasteiger partial charge in [0.25, 0.3) is 0 Å². The molecule has 0 N–H and O–H groups in total. The summed E-state index contributed by atoms with van der Waals surface area (Å²) < 4.78 is 27.3. The molecule has 2 rings (SSSR count). The van der Waals surface area contributed by atoms with Crippen molar-refractivity contribution >= 4 is 46.9 Å². The van der Waals surface area contributed by atoms with E-state index >= 15 is 0 Å². The van der Waals surface area contributed by atoms with Gasteiger partial charge in [-0.1, -0.05) is 46.8 Å². The van der Waals surface area contributed by atoms with Crippen LogP contribution >= 0.6 is 35.1 Å².